The van der Waals surface area contributed by atoms with Gasteiger partial charge in [-0.3, -0.25) is 0 Å². The first kappa shape index (κ1) is 6.66. The summed E-state index contributed by atoms with van der Waals surface area (Å²) in [6, 6.07) is 0. The standard InChI is InChI=1S/C9H16O/c10-9(5-2-6-9)7-8-3-1-4-8/h8,10H,1-7H2. The van der Waals surface area contributed by atoms with Crippen LogP contribution in [0.3, 0.4) is 0 Å². The molecule has 0 aliphatic heterocycles. The number of rotatable bonds is 2. The molecule has 58 valence electrons. The van der Waals surface area contributed by atoms with Crippen LogP contribution in [0.2, 0.25) is 0 Å². The normalized spacial score (nSPS) is 30.9. The summed E-state index contributed by atoms with van der Waals surface area (Å²) in [7, 11) is 0. The van der Waals surface area contributed by atoms with Crippen LogP contribution < -0.4 is 0 Å². The first-order valence-electron chi connectivity index (χ1n) is 4.51. The van der Waals surface area contributed by atoms with Crippen molar-refractivity contribution in [2.24, 2.45) is 5.92 Å². The van der Waals surface area contributed by atoms with Gasteiger partial charge in [0.2, 0.25) is 0 Å². The van der Waals surface area contributed by atoms with E-state index in [4.69, 9.17) is 0 Å². The van der Waals surface area contributed by atoms with E-state index in [1.54, 1.807) is 0 Å². The summed E-state index contributed by atoms with van der Waals surface area (Å²) >= 11 is 0. The van der Waals surface area contributed by atoms with Gasteiger partial charge < -0.3 is 5.11 Å². The molecular weight excluding hydrogens is 124 g/mol. The molecule has 2 saturated carbocycles. The van der Waals surface area contributed by atoms with Crippen molar-refractivity contribution < 1.29 is 5.11 Å². The van der Waals surface area contributed by atoms with Gasteiger partial charge >= 0.3 is 0 Å². The molecule has 1 heteroatoms. The third-order valence-electron chi connectivity index (χ3n) is 3.18. The summed E-state index contributed by atoms with van der Waals surface area (Å²) in [5.74, 6) is 0.880. The maximum atomic E-state index is 9.75. The van der Waals surface area contributed by atoms with Crippen molar-refractivity contribution in [3.8, 4) is 0 Å². The molecule has 2 rings (SSSR count). The minimum atomic E-state index is -0.203. The Morgan fingerprint density at radius 1 is 1.20 bits per heavy atom. The van der Waals surface area contributed by atoms with Crippen molar-refractivity contribution in [3.05, 3.63) is 0 Å². The third-order valence-corrected chi connectivity index (χ3v) is 3.18. The van der Waals surface area contributed by atoms with E-state index in [1.807, 2.05) is 0 Å². The van der Waals surface area contributed by atoms with E-state index in [0.717, 1.165) is 25.2 Å². The second kappa shape index (κ2) is 2.23. The van der Waals surface area contributed by atoms with Crippen LogP contribution in [0.25, 0.3) is 0 Å². The Labute approximate surface area is 62.4 Å². The largest absolute Gasteiger partial charge is 0.390 e. The lowest BCUT2D eigenvalue weighted by molar-refractivity contribution is -0.0607. The molecule has 0 bridgehead atoms. The maximum Gasteiger partial charge on any atom is 0.0650 e. The average molecular weight is 140 g/mol. The van der Waals surface area contributed by atoms with Gasteiger partial charge in [-0.05, 0) is 31.6 Å². The zero-order chi connectivity index (χ0) is 7.03. The summed E-state index contributed by atoms with van der Waals surface area (Å²) in [5.41, 5.74) is -0.203. The van der Waals surface area contributed by atoms with Crippen molar-refractivity contribution in [1.29, 1.82) is 0 Å². The van der Waals surface area contributed by atoms with Crippen LogP contribution in [0.5, 0.6) is 0 Å². The smallest absolute Gasteiger partial charge is 0.0650 e. The van der Waals surface area contributed by atoms with Crippen LogP contribution in [0, 0.1) is 5.92 Å². The molecule has 2 fully saturated rings. The molecule has 2 aliphatic rings. The van der Waals surface area contributed by atoms with E-state index in [1.165, 1.54) is 25.7 Å². The monoisotopic (exact) mass is 140 g/mol. The van der Waals surface area contributed by atoms with Gasteiger partial charge in [0.15, 0.2) is 0 Å². The SMILES string of the molecule is OC1(CC2CCC2)CCC1. The second-order valence-electron chi connectivity index (χ2n) is 4.08. The highest BCUT2D eigenvalue weighted by Gasteiger charge is 2.37. The minimum Gasteiger partial charge on any atom is -0.390 e. The van der Waals surface area contributed by atoms with Gasteiger partial charge in [-0.1, -0.05) is 19.3 Å². The highest BCUT2D eigenvalue weighted by molar-refractivity contribution is 4.91. The lowest BCUT2D eigenvalue weighted by atomic mass is 9.69. The van der Waals surface area contributed by atoms with Gasteiger partial charge in [0.05, 0.1) is 5.60 Å². The Kier molecular flexibility index (Phi) is 1.48. The lowest BCUT2D eigenvalue weighted by Gasteiger charge is -2.41. The van der Waals surface area contributed by atoms with E-state index in [0.29, 0.717) is 0 Å². The van der Waals surface area contributed by atoms with Gasteiger partial charge in [-0.2, -0.15) is 0 Å². The third kappa shape index (κ3) is 1.07. The van der Waals surface area contributed by atoms with Gasteiger partial charge in [0.25, 0.3) is 0 Å². The van der Waals surface area contributed by atoms with Crippen LogP contribution in [0.15, 0.2) is 0 Å². The Hall–Kier alpha value is -0.0400. The van der Waals surface area contributed by atoms with Crippen molar-refractivity contribution in [2.75, 3.05) is 0 Å². The van der Waals surface area contributed by atoms with Crippen LogP contribution in [-0.4, -0.2) is 10.7 Å². The van der Waals surface area contributed by atoms with Crippen LogP contribution in [0.1, 0.15) is 44.9 Å². The van der Waals surface area contributed by atoms with E-state index in [-0.39, 0.29) is 5.60 Å². The molecule has 1 nitrogen and oxygen atoms in total. The first-order chi connectivity index (χ1) is 4.79. The van der Waals surface area contributed by atoms with Crippen LogP contribution >= 0.6 is 0 Å². The predicted molar refractivity (Wildman–Crippen MR) is 40.8 cm³/mol. The highest BCUT2D eigenvalue weighted by Crippen LogP contribution is 2.42. The van der Waals surface area contributed by atoms with E-state index >= 15 is 0 Å². The number of hydrogen-bond acceptors (Lipinski definition) is 1. The van der Waals surface area contributed by atoms with Gasteiger partial charge in [0.1, 0.15) is 0 Å². The Morgan fingerprint density at radius 2 is 1.90 bits per heavy atom. The molecule has 0 aromatic heterocycles. The molecule has 0 atom stereocenters. The average Bonchev–Trinajstić information content (AvgIpc) is 1.74. The quantitative estimate of drug-likeness (QED) is 0.622. The first-order valence-corrected chi connectivity index (χ1v) is 4.51. The number of aliphatic hydroxyl groups is 1. The minimum absolute atomic E-state index is 0.203. The molecule has 0 aromatic rings. The molecule has 0 amide bonds. The fourth-order valence-corrected chi connectivity index (χ4v) is 2.02. The predicted octanol–water partition coefficient (Wildman–Crippen LogP) is 2.09. The summed E-state index contributed by atoms with van der Waals surface area (Å²) in [6.45, 7) is 0. The van der Waals surface area contributed by atoms with Gasteiger partial charge in [0, 0.05) is 0 Å². The van der Waals surface area contributed by atoms with Crippen LogP contribution in [-0.2, 0) is 0 Å². The lowest BCUT2D eigenvalue weighted by Crippen LogP contribution is -2.39. The maximum absolute atomic E-state index is 9.75. The fourth-order valence-electron chi connectivity index (χ4n) is 2.02. The second-order valence-corrected chi connectivity index (χ2v) is 4.08. The summed E-state index contributed by atoms with van der Waals surface area (Å²) < 4.78 is 0. The molecule has 0 aromatic carbocycles. The van der Waals surface area contributed by atoms with E-state index in [9.17, 15) is 5.11 Å². The van der Waals surface area contributed by atoms with E-state index in [2.05, 4.69) is 0 Å². The van der Waals surface area contributed by atoms with Gasteiger partial charge in [-0.15, -0.1) is 0 Å². The molecular formula is C9H16O. The van der Waals surface area contributed by atoms with Crippen molar-refractivity contribution in [2.45, 2.75) is 50.5 Å². The molecule has 0 unspecified atom stereocenters. The molecule has 0 spiro atoms. The van der Waals surface area contributed by atoms with Crippen LogP contribution in [0.4, 0.5) is 0 Å². The summed E-state index contributed by atoms with van der Waals surface area (Å²) in [4.78, 5) is 0. The zero-order valence-electron chi connectivity index (χ0n) is 6.47. The Bertz CT molecular complexity index is 123. The molecule has 0 heterocycles. The van der Waals surface area contributed by atoms with Crippen molar-refractivity contribution in [1.82, 2.24) is 0 Å². The molecule has 0 saturated heterocycles. The molecule has 10 heavy (non-hydrogen) atoms. The molecule has 1 N–H and O–H groups in total. The topological polar surface area (TPSA) is 20.2 Å². The summed E-state index contributed by atoms with van der Waals surface area (Å²) in [6.07, 6.45) is 8.66. The molecule has 0 radical (unpaired) electrons. The van der Waals surface area contributed by atoms with Crippen molar-refractivity contribution >= 4 is 0 Å². The molecule has 2 aliphatic carbocycles. The van der Waals surface area contributed by atoms with Gasteiger partial charge in [-0.25, -0.2) is 0 Å². The Balaban J connectivity index is 1.77. The zero-order valence-corrected chi connectivity index (χ0v) is 6.47. The highest BCUT2D eigenvalue weighted by atomic mass is 16.3. The van der Waals surface area contributed by atoms with Crippen molar-refractivity contribution in [3.63, 3.8) is 0 Å². The van der Waals surface area contributed by atoms with E-state index < -0.39 is 0 Å². The Morgan fingerprint density at radius 3 is 2.20 bits per heavy atom. The summed E-state index contributed by atoms with van der Waals surface area (Å²) in [5, 5.41) is 9.75. The fraction of sp³-hybridized carbons (Fsp3) is 1.00. The number of hydrogen-bond donors (Lipinski definition) is 1.